The summed E-state index contributed by atoms with van der Waals surface area (Å²) in [5.41, 5.74) is 4.02. The molecule has 1 aromatic heterocycles. The van der Waals surface area contributed by atoms with Crippen LogP contribution in [0.15, 0.2) is 54.7 Å². The Morgan fingerprint density at radius 2 is 1.90 bits per heavy atom. The Bertz CT molecular complexity index is 1070. The molecule has 0 radical (unpaired) electrons. The molecule has 6 nitrogen and oxygen atoms in total. The molecule has 1 atom stereocenters. The fraction of sp³-hybridized carbons (Fsp3) is 0.292. The highest BCUT2D eigenvalue weighted by molar-refractivity contribution is 5.97. The van der Waals surface area contributed by atoms with E-state index < -0.39 is 6.29 Å². The molecule has 6 heteroatoms. The SMILES string of the molecule is CCOc1ccc(C(=O)N2C=C(C(O)OCC)c3[nH]c4ccccc4c3CC2)cc1. The topological polar surface area (TPSA) is 74.8 Å². The van der Waals surface area contributed by atoms with Crippen LogP contribution < -0.4 is 4.74 Å². The van der Waals surface area contributed by atoms with Gasteiger partial charge in [-0.15, -0.1) is 0 Å². The molecule has 0 saturated carbocycles. The van der Waals surface area contributed by atoms with Gasteiger partial charge in [0.2, 0.25) is 0 Å². The zero-order valence-corrected chi connectivity index (χ0v) is 17.2. The van der Waals surface area contributed by atoms with E-state index in [2.05, 4.69) is 11.1 Å². The van der Waals surface area contributed by atoms with E-state index in [-0.39, 0.29) is 5.91 Å². The van der Waals surface area contributed by atoms with Gasteiger partial charge in [0.05, 0.1) is 12.3 Å². The van der Waals surface area contributed by atoms with Crippen molar-refractivity contribution >= 4 is 22.4 Å². The number of hydrogen-bond acceptors (Lipinski definition) is 4. The third kappa shape index (κ3) is 3.84. The average molecular weight is 406 g/mol. The lowest BCUT2D eigenvalue weighted by Crippen LogP contribution is -2.28. The molecule has 2 heterocycles. The summed E-state index contributed by atoms with van der Waals surface area (Å²) in [7, 11) is 0. The summed E-state index contributed by atoms with van der Waals surface area (Å²) in [6, 6.07) is 15.2. The molecule has 0 spiro atoms. The van der Waals surface area contributed by atoms with E-state index in [1.807, 2.05) is 32.0 Å². The standard InChI is InChI=1S/C24H26N2O4/c1-3-29-17-11-9-16(10-12-17)23(27)26-14-13-19-18-7-5-6-8-21(18)25-22(19)20(15-26)24(28)30-4-2/h5-12,15,24-25,28H,3-4,13-14H2,1-2H3. The number of nitrogens with one attached hydrogen (secondary N) is 1. The number of aliphatic hydroxyl groups is 1. The predicted octanol–water partition coefficient (Wildman–Crippen LogP) is 3.96. The molecule has 2 N–H and O–H groups in total. The second-order valence-corrected chi connectivity index (χ2v) is 7.12. The van der Waals surface area contributed by atoms with Crippen LogP contribution in [0, 0.1) is 0 Å². The van der Waals surface area contributed by atoms with Crippen molar-refractivity contribution in [3.05, 3.63) is 71.6 Å². The number of aliphatic hydroxyl groups excluding tert-OH is 1. The molecule has 3 aromatic rings. The molecule has 0 aliphatic carbocycles. The number of fused-ring (bicyclic) bond motifs is 3. The normalized spacial score (nSPS) is 14.8. The first-order valence-electron chi connectivity index (χ1n) is 10.3. The number of para-hydroxylation sites is 1. The Labute approximate surface area is 175 Å². The lowest BCUT2D eigenvalue weighted by molar-refractivity contribution is -0.0515. The Balaban J connectivity index is 1.71. The van der Waals surface area contributed by atoms with Crippen molar-refractivity contribution in [1.29, 1.82) is 0 Å². The fourth-order valence-electron chi connectivity index (χ4n) is 3.86. The van der Waals surface area contributed by atoms with Crippen LogP contribution in [-0.2, 0) is 11.2 Å². The number of carbonyl (C=O) groups is 1. The number of hydrogen-bond donors (Lipinski definition) is 2. The van der Waals surface area contributed by atoms with E-state index in [0.717, 1.165) is 27.9 Å². The number of rotatable bonds is 6. The Hall–Kier alpha value is -3.09. The molecule has 0 saturated heterocycles. The van der Waals surface area contributed by atoms with Gasteiger partial charge in [0, 0.05) is 41.4 Å². The summed E-state index contributed by atoms with van der Waals surface area (Å²) < 4.78 is 10.9. The van der Waals surface area contributed by atoms with E-state index in [9.17, 15) is 9.90 Å². The first-order chi connectivity index (χ1) is 14.6. The summed E-state index contributed by atoms with van der Waals surface area (Å²) in [5.74, 6) is 0.600. The molecule has 2 aromatic carbocycles. The van der Waals surface area contributed by atoms with Crippen molar-refractivity contribution in [3.63, 3.8) is 0 Å². The van der Waals surface area contributed by atoms with Crippen molar-refractivity contribution in [2.45, 2.75) is 26.6 Å². The Kier molecular flexibility index (Phi) is 5.88. The van der Waals surface area contributed by atoms with Crippen molar-refractivity contribution < 1.29 is 19.4 Å². The number of aromatic amines is 1. The van der Waals surface area contributed by atoms with Crippen LogP contribution in [0.1, 0.15) is 35.5 Å². The smallest absolute Gasteiger partial charge is 0.257 e. The highest BCUT2D eigenvalue weighted by Crippen LogP contribution is 2.33. The van der Waals surface area contributed by atoms with Gasteiger partial charge in [-0.1, -0.05) is 18.2 Å². The quantitative estimate of drug-likeness (QED) is 0.608. The number of H-pyrrole nitrogens is 1. The number of amides is 1. The molecule has 4 rings (SSSR count). The molecule has 0 bridgehead atoms. The third-order valence-corrected chi connectivity index (χ3v) is 5.26. The molecule has 1 aliphatic heterocycles. The molecular weight excluding hydrogens is 380 g/mol. The van der Waals surface area contributed by atoms with E-state index in [4.69, 9.17) is 9.47 Å². The minimum absolute atomic E-state index is 0.131. The van der Waals surface area contributed by atoms with Crippen LogP contribution in [0.4, 0.5) is 0 Å². The molecular formula is C24H26N2O4. The van der Waals surface area contributed by atoms with Gasteiger partial charge in [-0.2, -0.15) is 0 Å². The minimum Gasteiger partial charge on any atom is -0.494 e. The summed E-state index contributed by atoms with van der Waals surface area (Å²) in [4.78, 5) is 18.2. The average Bonchev–Trinajstić information content (AvgIpc) is 3.02. The van der Waals surface area contributed by atoms with Crippen molar-refractivity contribution in [3.8, 4) is 5.75 Å². The van der Waals surface area contributed by atoms with Gasteiger partial charge in [-0.3, -0.25) is 4.79 Å². The van der Waals surface area contributed by atoms with Gasteiger partial charge >= 0.3 is 0 Å². The predicted molar refractivity (Wildman–Crippen MR) is 116 cm³/mol. The van der Waals surface area contributed by atoms with E-state index in [0.29, 0.717) is 37.3 Å². The van der Waals surface area contributed by atoms with E-state index >= 15 is 0 Å². The summed E-state index contributed by atoms with van der Waals surface area (Å²) >= 11 is 0. The van der Waals surface area contributed by atoms with Crippen LogP contribution in [0.25, 0.3) is 16.5 Å². The van der Waals surface area contributed by atoms with Crippen LogP contribution in [0.3, 0.4) is 0 Å². The maximum atomic E-state index is 13.2. The number of carbonyl (C=O) groups excluding carboxylic acids is 1. The van der Waals surface area contributed by atoms with E-state index in [1.54, 1.807) is 35.4 Å². The molecule has 156 valence electrons. The monoisotopic (exact) mass is 406 g/mol. The summed E-state index contributed by atoms with van der Waals surface area (Å²) in [6.45, 7) is 5.19. The van der Waals surface area contributed by atoms with Gasteiger partial charge in [0.1, 0.15) is 5.75 Å². The van der Waals surface area contributed by atoms with Crippen LogP contribution >= 0.6 is 0 Å². The highest BCUT2D eigenvalue weighted by atomic mass is 16.6. The van der Waals surface area contributed by atoms with Crippen LogP contribution in [0.2, 0.25) is 0 Å². The molecule has 0 fully saturated rings. The summed E-state index contributed by atoms with van der Waals surface area (Å²) in [5, 5.41) is 11.8. The first-order valence-corrected chi connectivity index (χ1v) is 10.3. The minimum atomic E-state index is -1.13. The van der Waals surface area contributed by atoms with Crippen LogP contribution in [-0.4, -0.2) is 46.9 Å². The van der Waals surface area contributed by atoms with Crippen molar-refractivity contribution in [2.24, 2.45) is 0 Å². The zero-order valence-electron chi connectivity index (χ0n) is 17.2. The van der Waals surface area contributed by atoms with Crippen molar-refractivity contribution in [1.82, 2.24) is 9.88 Å². The van der Waals surface area contributed by atoms with Gasteiger partial charge in [-0.05, 0) is 56.2 Å². The second-order valence-electron chi connectivity index (χ2n) is 7.12. The van der Waals surface area contributed by atoms with Gasteiger partial charge in [0.25, 0.3) is 5.91 Å². The number of nitrogens with zero attached hydrogens (tertiary/aromatic N) is 1. The molecule has 1 unspecified atom stereocenters. The van der Waals surface area contributed by atoms with Crippen LogP contribution in [0.5, 0.6) is 5.75 Å². The van der Waals surface area contributed by atoms with Crippen molar-refractivity contribution in [2.75, 3.05) is 19.8 Å². The number of benzene rings is 2. The largest absolute Gasteiger partial charge is 0.494 e. The lowest BCUT2D eigenvalue weighted by atomic mass is 10.0. The van der Waals surface area contributed by atoms with Gasteiger partial charge in [0.15, 0.2) is 6.29 Å². The fourth-order valence-corrected chi connectivity index (χ4v) is 3.86. The second kappa shape index (κ2) is 8.73. The maximum Gasteiger partial charge on any atom is 0.257 e. The molecule has 1 aliphatic rings. The Morgan fingerprint density at radius 3 is 2.63 bits per heavy atom. The van der Waals surface area contributed by atoms with Gasteiger partial charge in [-0.25, -0.2) is 0 Å². The zero-order chi connectivity index (χ0) is 21.1. The summed E-state index contributed by atoms with van der Waals surface area (Å²) in [6.07, 6.45) is 1.25. The number of aromatic nitrogens is 1. The lowest BCUT2D eigenvalue weighted by Gasteiger charge is -2.20. The molecule has 30 heavy (non-hydrogen) atoms. The maximum absolute atomic E-state index is 13.2. The highest BCUT2D eigenvalue weighted by Gasteiger charge is 2.27. The van der Waals surface area contributed by atoms with E-state index in [1.165, 1.54) is 0 Å². The first kappa shape index (κ1) is 20.2. The third-order valence-electron chi connectivity index (χ3n) is 5.26. The Morgan fingerprint density at radius 1 is 1.13 bits per heavy atom. The van der Waals surface area contributed by atoms with Gasteiger partial charge < -0.3 is 24.5 Å². The molecule has 1 amide bonds. The number of ether oxygens (including phenoxy) is 2.